The number of thiazole rings is 1. The van der Waals surface area contributed by atoms with Gasteiger partial charge >= 0.3 is 0 Å². The molecule has 152 valence electrons. The molecule has 1 amide bonds. The van der Waals surface area contributed by atoms with Crippen LogP contribution in [-0.4, -0.2) is 49.2 Å². The Labute approximate surface area is 178 Å². The molecule has 6 nitrogen and oxygen atoms in total. The Morgan fingerprint density at radius 3 is 2.72 bits per heavy atom. The molecule has 2 aromatic carbocycles. The van der Waals surface area contributed by atoms with E-state index in [2.05, 4.69) is 0 Å². The van der Waals surface area contributed by atoms with Gasteiger partial charge in [-0.2, -0.15) is 0 Å². The summed E-state index contributed by atoms with van der Waals surface area (Å²) >= 11 is 7.87. The van der Waals surface area contributed by atoms with E-state index in [1.807, 2.05) is 24.3 Å². The number of aromatic nitrogens is 1. The molecule has 29 heavy (non-hydrogen) atoms. The lowest BCUT2D eigenvalue weighted by atomic mass is 10.1. The van der Waals surface area contributed by atoms with E-state index in [0.29, 0.717) is 6.54 Å². The normalized spacial score (nSPS) is 17.4. The highest BCUT2D eigenvalue weighted by atomic mass is 35.5. The van der Waals surface area contributed by atoms with Gasteiger partial charge in [0, 0.05) is 20.6 Å². The highest BCUT2D eigenvalue weighted by Crippen LogP contribution is 2.38. The van der Waals surface area contributed by atoms with Crippen LogP contribution in [0.5, 0.6) is 0 Å². The summed E-state index contributed by atoms with van der Waals surface area (Å²) in [4.78, 5) is 19.8. The number of benzene rings is 2. The van der Waals surface area contributed by atoms with Crippen molar-refractivity contribution >= 4 is 49.1 Å². The zero-order chi connectivity index (χ0) is 20.8. The molecule has 9 heteroatoms. The first-order chi connectivity index (χ1) is 13.8. The number of likely N-dealkylation sites (tertiary alicyclic amines) is 1. The molecule has 1 atom stereocenters. The number of para-hydroxylation sites is 1. The fourth-order valence-corrected chi connectivity index (χ4v) is 5.74. The Balaban J connectivity index is 1.70. The minimum atomic E-state index is -3.66. The molecule has 0 N–H and O–H groups in total. The van der Waals surface area contributed by atoms with E-state index in [-0.39, 0.29) is 27.4 Å². The predicted molar refractivity (Wildman–Crippen MR) is 115 cm³/mol. The number of nitrogens with zero attached hydrogens (tertiary/aromatic N) is 3. The van der Waals surface area contributed by atoms with E-state index in [1.165, 1.54) is 32.3 Å². The minimum absolute atomic E-state index is 0.0472. The van der Waals surface area contributed by atoms with Crippen LogP contribution in [0.3, 0.4) is 0 Å². The fourth-order valence-electron chi connectivity index (χ4n) is 3.49. The second kappa shape index (κ2) is 7.68. The summed E-state index contributed by atoms with van der Waals surface area (Å²) in [6, 6.07) is 12.0. The number of fused-ring (bicyclic) bond motifs is 1. The quantitative estimate of drug-likeness (QED) is 0.599. The molecule has 0 spiro atoms. The Bertz CT molecular complexity index is 1160. The molecular weight excluding hydrogens is 430 g/mol. The van der Waals surface area contributed by atoms with Crippen molar-refractivity contribution in [2.75, 3.05) is 20.6 Å². The number of rotatable bonds is 4. The van der Waals surface area contributed by atoms with Crippen LogP contribution in [0, 0.1) is 0 Å². The van der Waals surface area contributed by atoms with Crippen LogP contribution in [-0.2, 0) is 10.0 Å². The molecule has 1 aromatic heterocycles. The van der Waals surface area contributed by atoms with Crippen LogP contribution in [0.2, 0.25) is 5.02 Å². The second-order valence-corrected chi connectivity index (χ2v) is 10.7. The molecule has 0 aliphatic carbocycles. The number of amides is 1. The van der Waals surface area contributed by atoms with Crippen molar-refractivity contribution in [2.24, 2.45) is 0 Å². The van der Waals surface area contributed by atoms with E-state index in [1.54, 1.807) is 16.2 Å². The summed E-state index contributed by atoms with van der Waals surface area (Å²) in [5.41, 5.74) is 1.12. The van der Waals surface area contributed by atoms with Gasteiger partial charge in [-0.3, -0.25) is 4.79 Å². The van der Waals surface area contributed by atoms with E-state index in [9.17, 15) is 13.2 Å². The van der Waals surface area contributed by atoms with Crippen molar-refractivity contribution < 1.29 is 13.2 Å². The lowest BCUT2D eigenvalue weighted by Gasteiger charge is -2.24. The van der Waals surface area contributed by atoms with Gasteiger partial charge in [0.1, 0.15) is 5.01 Å². The summed E-state index contributed by atoms with van der Waals surface area (Å²) in [5.74, 6) is -0.271. The molecule has 1 fully saturated rings. The van der Waals surface area contributed by atoms with Crippen LogP contribution in [0.25, 0.3) is 10.2 Å². The predicted octanol–water partition coefficient (Wildman–Crippen LogP) is 4.18. The molecule has 0 bridgehead atoms. The third kappa shape index (κ3) is 3.66. The average molecular weight is 450 g/mol. The number of sulfonamides is 1. The zero-order valence-corrected chi connectivity index (χ0v) is 18.4. The Kier molecular flexibility index (Phi) is 5.37. The Hall–Kier alpha value is -2.00. The molecule has 0 radical (unpaired) electrons. The number of hydrogen-bond donors (Lipinski definition) is 0. The van der Waals surface area contributed by atoms with Gasteiger partial charge in [-0.1, -0.05) is 23.7 Å². The maximum absolute atomic E-state index is 13.3. The van der Waals surface area contributed by atoms with Gasteiger partial charge in [0.2, 0.25) is 10.0 Å². The summed E-state index contributed by atoms with van der Waals surface area (Å²) in [6.07, 6.45) is 1.68. The topological polar surface area (TPSA) is 70.6 Å². The van der Waals surface area contributed by atoms with Gasteiger partial charge in [0.15, 0.2) is 0 Å². The van der Waals surface area contributed by atoms with Gasteiger partial charge in [-0.15, -0.1) is 11.3 Å². The smallest absolute Gasteiger partial charge is 0.256 e. The molecule has 4 rings (SSSR count). The monoisotopic (exact) mass is 449 g/mol. The van der Waals surface area contributed by atoms with E-state index in [0.717, 1.165) is 32.4 Å². The van der Waals surface area contributed by atoms with Crippen molar-refractivity contribution in [1.29, 1.82) is 0 Å². The van der Waals surface area contributed by atoms with E-state index < -0.39 is 10.0 Å². The third-order valence-electron chi connectivity index (χ3n) is 5.06. The van der Waals surface area contributed by atoms with E-state index in [4.69, 9.17) is 16.6 Å². The first-order valence-electron chi connectivity index (χ1n) is 9.17. The standard InChI is InChI=1S/C20H20ClN3O3S2/c1-23(2)29(26,27)13-9-10-15(21)14(12-13)20(25)24-11-5-7-17(24)19-22-16-6-3-4-8-18(16)28-19/h3-4,6,8-10,12,17H,5,7,11H2,1-2H3. The van der Waals surface area contributed by atoms with Crippen molar-refractivity contribution in [3.63, 3.8) is 0 Å². The van der Waals surface area contributed by atoms with E-state index >= 15 is 0 Å². The molecule has 1 unspecified atom stereocenters. The highest BCUT2D eigenvalue weighted by Gasteiger charge is 2.34. The SMILES string of the molecule is CN(C)S(=O)(=O)c1ccc(Cl)c(C(=O)N2CCCC2c2nc3ccccc3s2)c1. The zero-order valence-electron chi connectivity index (χ0n) is 16.0. The van der Waals surface area contributed by atoms with Crippen LogP contribution < -0.4 is 0 Å². The molecule has 1 saturated heterocycles. The minimum Gasteiger partial charge on any atom is -0.329 e. The van der Waals surface area contributed by atoms with Gasteiger partial charge in [0.25, 0.3) is 5.91 Å². The van der Waals surface area contributed by atoms with Gasteiger partial charge in [-0.25, -0.2) is 17.7 Å². The first-order valence-corrected chi connectivity index (χ1v) is 11.8. The van der Waals surface area contributed by atoms with Crippen molar-refractivity contribution in [3.8, 4) is 0 Å². The maximum Gasteiger partial charge on any atom is 0.256 e. The highest BCUT2D eigenvalue weighted by molar-refractivity contribution is 7.89. The van der Waals surface area contributed by atoms with Crippen LogP contribution in [0.4, 0.5) is 0 Å². The van der Waals surface area contributed by atoms with Crippen molar-refractivity contribution in [1.82, 2.24) is 14.2 Å². The second-order valence-electron chi connectivity index (χ2n) is 7.11. The average Bonchev–Trinajstić information content (AvgIpc) is 3.34. The van der Waals surface area contributed by atoms with Gasteiger partial charge in [0.05, 0.1) is 31.7 Å². The fraction of sp³-hybridized carbons (Fsp3) is 0.300. The first kappa shape index (κ1) is 20.3. The summed E-state index contributed by atoms with van der Waals surface area (Å²) in [5, 5.41) is 1.13. The summed E-state index contributed by atoms with van der Waals surface area (Å²) < 4.78 is 27.1. The van der Waals surface area contributed by atoms with Crippen LogP contribution in [0.15, 0.2) is 47.4 Å². The Morgan fingerprint density at radius 1 is 1.24 bits per heavy atom. The Morgan fingerprint density at radius 2 is 2.00 bits per heavy atom. The molecule has 2 heterocycles. The number of carbonyl (C=O) groups is 1. The van der Waals surface area contributed by atoms with Gasteiger partial charge < -0.3 is 4.90 Å². The summed E-state index contributed by atoms with van der Waals surface area (Å²) in [6.45, 7) is 0.584. The van der Waals surface area contributed by atoms with Crippen molar-refractivity contribution in [3.05, 3.63) is 58.1 Å². The molecule has 1 aliphatic rings. The van der Waals surface area contributed by atoms with Crippen molar-refractivity contribution in [2.45, 2.75) is 23.8 Å². The number of carbonyl (C=O) groups excluding carboxylic acids is 1. The lowest BCUT2D eigenvalue weighted by Crippen LogP contribution is -2.31. The molecular formula is C20H20ClN3O3S2. The third-order valence-corrected chi connectivity index (χ3v) is 8.33. The molecule has 1 aliphatic heterocycles. The van der Waals surface area contributed by atoms with Gasteiger partial charge in [-0.05, 0) is 43.2 Å². The molecule has 0 saturated carbocycles. The number of hydrogen-bond acceptors (Lipinski definition) is 5. The number of halogens is 1. The maximum atomic E-state index is 13.3. The summed E-state index contributed by atoms with van der Waals surface area (Å²) in [7, 11) is -0.756. The van der Waals surface area contributed by atoms with Crippen LogP contribution >= 0.6 is 22.9 Å². The van der Waals surface area contributed by atoms with Crippen LogP contribution in [0.1, 0.15) is 34.2 Å². The lowest BCUT2D eigenvalue weighted by molar-refractivity contribution is 0.0735. The molecule has 3 aromatic rings. The largest absolute Gasteiger partial charge is 0.329 e.